The zero-order valence-electron chi connectivity index (χ0n) is 20.4. The van der Waals surface area contributed by atoms with Gasteiger partial charge in [0.2, 0.25) is 5.82 Å². The molecule has 10 heteroatoms. The van der Waals surface area contributed by atoms with Crippen LogP contribution >= 0.6 is 0 Å². The molecule has 2 aliphatic heterocycles. The third-order valence-electron chi connectivity index (χ3n) is 7.79. The fourth-order valence-electron chi connectivity index (χ4n) is 5.80. The van der Waals surface area contributed by atoms with Crippen LogP contribution < -0.4 is 9.80 Å². The van der Waals surface area contributed by atoms with Crippen molar-refractivity contribution in [2.75, 3.05) is 29.4 Å². The summed E-state index contributed by atoms with van der Waals surface area (Å²) < 4.78 is 0. The molecule has 0 unspecified atom stereocenters. The number of piperazine rings is 1. The monoisotopic (exact) mass is 481 g/mol. The van der Waals surface area contributed by atoms with E-state index in [1.54, 1.807) is 37.1 Å². The maximum atomic E-state index is 13.1. The summed E-state index contributed by atoms with van der Waals surface area (Å²) >= 11 is 0. The van der Waals surface area contributed by atoms with Gasteiger partial charge in [-0.3, -0.25) is 4.79 Å². The molecule has 3 aromatic rings. The highest BCUT2D eigenvalue weighted by Crippen LogP contribution is 2.56. The van der Waals surface area contributed by atoms with Gasteiger partial charge in [0.05, 0.1) is 11.6 Å². The van der Waals surface area contributed by atoms with Crippen molar-refractivity contribution in [3.8, 4) is 6.07 Å². The lowest BCUT2D eigenvalue weighted by Crippen LogP contribution is -2.59. The van der Waals surface area contributed by atoms with Crippen molar-refractivity contribution in [1.82, 2.24) is 29.8 Å². The molecule has 3 aromatic heterocycles. The first-order chi connectivity index (χ1) is 17.5. The number of pyridine rings is 1. The van der Waals surface area contributed by atoms with Gasteiger partial charge < -0.3 is 14.7 Å². The molecule has 0 N–H and O–H groups in total. The highest BCUT2D eigenvalue weighted by Gasteiger charge is 2.52. The first kappa shape index (κ1) is 22.3. The summed E-state index contributed by atoms with van der Waals surface area (Å²) in [4.78, 5) is 41.8. The average Bonchev–Trinajstić information content (AvgIpc) is 3.27. The zero-order valence-corrected chi connectivity index (χ0v) is 20.4. The Morgan fingerprint density at radius 3 is 2.53 bits per heavy atom. The topological polar surface area (TPSA) is 115 Å². The van der Waals surface area contributed by atoms with E-state index in [1.165, 1.54) is 12.0 Å². The number of carbonyl (C=O) groups is 1. The molecule has 5 heterocycles. The molecule has 182 valence electrons. The van der Waals surface area contributed by atoms with E-state index < -0.39 is 0 Å². The minimum absolute atomic E-state index is 0.0238. The van der Waals surface area contributed by atoms with Crippen LogP contribution in [0, 0.1) is 11.3 Å². The van der Waals surface area contributed by atoms with Crippen LogP contribution in [0.15, 0.2) is 43.1 Å². The lowest BCUT2D eigenvalue weighted by molar-refractivity contribution is 0.0631. The third kappa shape index (κ3) is 3.46. The Morgan fingerprint density at radius 1 is 1.03 bits per heavy atom. The van der Waals surface area contributed by atoms with Gasteiger partial charge in [0.15, 0.2) is 0 Å². The van der Waals surface area contributed by atoms with E-state index in [4.69, 9.17) is 9.97 Å². The Labute approximate surface area is 209 Å². The van der Waals surface area contributed by atoms with E-state index in [-0.39, 0.29) is 29.2 Å². The van der Waals surface area contributed by atoms with E-state index in [0.717, 1.165) is 36.8 Å². The van der Waals surface area contributed by atoms with Gasteiger partial charge in [0.1, 0.15) is 23.8 Å². The number of aromatic nitrogens is 5. The molecule has 36 heavy (non-hydrogen) atoms. The lowest BCUT2D eigenvalue weighted by atomic mass is 9.66. The molecule has 3 aliphatic rings. The fourth-order valence-corrected chi connectivity index (χ4v) is 5.80. The summed E-state index contributed by atoms with van der Waals surface area (Å²) in [6.45, 7) is 6.18. The number of hydrogen-bond donors (Lipinski definition) is 0. The summed E-state index contributed by atoms with van der Waals surface area (Å²) in [5, 5.41) is 9.40. The number of carbonyl (C=O) groups excluding carboxylic acids is 1. The number of fused-ring (bicyclic) bond motifs is 2. The first-order valence-corrected chi connectivity index (χ1v) is 12.3. The van der Waals surface area contributed by atoms with Gasteiger partial charge in [-0.25, -0.2) is 24.9 Å². The Hall–Kier alpha value is -4.13. The van der Waals surface area contributed by atoms with Crippen LogP contribution in [0.1, 0.15) is 54.9 Å². The van der Waals surface area contributed by atoms with Crippen molar-refractivity contribution in [2.45, 2.75) is 50.6 Å². The normalized spacial score (nSPS) is 22.2. The Balaban J connectivity index is 1.35. The molecule has 1 amide bonds. The smallest absolute Gasteiger partial charge is 0.292 e. The predicted octanol–water partition coefficient (Wildman–Crippen LogP) is 2.85. The van der Waals surface area contributed by atoms with Gasteiger partial charge in [-0.2, -0.15) is 5.26 Å². The van der Waals surface area contributed by atoms with Crippen LogP contribution in [0.5, 0.6) is 0 Å². The van der Waals surface area contributed by atoms with E-state index in [2.05, 4.69) is 44.7 Å². The van der Waals surface area contributed by atoms with Gasteiger partial charge in [-0.15, -0.1) is 0 Å². The highest BCUT2D eigenvalue weighted by atomic mass is 16.2. The second kappa shape index (κ2) is 8.52. The van der Waals surface area contributed by atoms with E-state index in [0.29, 0.717) is 18.7 Å². The number of anilines is 3. The summed E-state index contributed by atoms with van der Waals surface area (Å²) in [6.07, 6.45) is 9.81. The Bertz CT molecular complexity index is 1350. The van der Waals surface area contributed by atoms with E-state index >= 15 is 0 Å². The van der Waals surface area contributed by atoms with E-state index in [9.17, 15) is 10.1 Å². The molecule has 2 fully saturated rings. The molecule has 10 nitrogen and oxygen atoms in total. The van der Waals surface area contributed by atoms with Crippen molar-refractivity contribution in [1.29, 1.82) is 5.26 Å². The number of hydrogen-bond acceptors (Lipinski definition) is 9. The molecule has 1 saturated carbocycles. The van der Waals surface area contributed by atoms with Crippen LogP contribution in [0.4, 0.5) is 17.5 Å². The van der Waals surface area contributed by atoms with Crippen LogP contribution in [0.2, 0.25) is 0 Å². The molecule has 1 aliphatic carbocycles. The van der Waals surface area contributed by atoms with Crippen molar-refractivity contribution in [3.63, 3.8) is 0 Å². The zero-order chi connectivity index (χ0) is 24.9. The number of nitrogens with zero attached hydrogens (tertiary/aromatic N) is 9. The second-order valence-corrected chi connectivity index (χ2v) is 10.0. The molecule has 0 bridgehead atoms. The molecular weight excluding hydrogens is 454 g/mol. The SMILES string of the molecule is C[C@@H]1CN(c2ncnc3c2C2(CCC2)CN3c2cc(C#N)ccn2)[C@@H](C)CN1C(=O)c1ncccn1. The van der Waals surface area contributed by atoms with Gasteiger partial charge >= 0.3 is 0 Å². The Kier molecular flexibility index (Phi) is 5.29. The van der Waals surface area contributed by atoms with Crippen molar-refractivity contribution in [2.24, 2.45) is 0 Å². The molecule has 0 radical (unpaired) electrons. The van der Waals surface area contributed by atoms with Crippen LogP contribution in [-0.2, 0) is 5.41 Å². The Morgan fingerprint density at radius 2 is 1.81 bits per heavy atom. The largest absolute Gasteiger partial charge is 0.350 e. The molecule has 1 saturated heterocycles. The minimum atomic E-state index is -0.146. The van der Waals surface area contributed by atoms with Crippen LogP contribution in [0.25, 0.3) is 0 Å². The molecule has 2 atom stereocenters. The summed E-state index contributed by atoms with van der Waals surface area (Å²) in [6, 6.07) is 7.48. The number of nitriles is 1. The quantitative estimate of drug-likeness (QED) is 0.557. The standard InChI is InChI=1S/C26H27N9O/c1-17-14-34(25(36)22-29-8-4-9-30-22)18(2)13-33(17)23-21-24(32-16-31-23)35(15-26(21)6-3-7-26)20-11-19(12-27)5-10-28-20/h4-5,8-11,16-18H,3,6-7,13-15H2,1-2H3/t17-,18+/m0/s1. The first-order valence-electron chi connectivity index (χ1n) is 12.3. The van der Waals surface area contributed by atoms with Gasteiger partial charge in [0.25, 0.3) is 5.91 Å². The second-order valence-electron chi connectivity index (χ2n) is 10.0. The van der Waals surface area contributed by atoms with E-state index in [1.807, 2.05) is 11.0 Å². The summed E-state index contributed by atoms with van der Waals surface area (Å²) in [7, 11) is 0. The molecule has 6 rings (SSSR count). The van der Waals surface area contributed by atoms with Crippen LogP contribution in [0.3, 0.4) is 0 Å². The molecule has 0 aromatic carbocycles. The number of rotatable bonds is 3. The fraction of sp³-hybridized carbons (Fsp3) is 0.423. The minimum Gasteiger partial charge on any atom is -0.350 e. The van der Waals surface area contributed by atoms with Crippen molar-refractivity contribution >= 4 is 23.4 Å². The summed E-state index contributed by atoms with van der Waals surface area (Å²) in [5.41, 5.74) is 1.73. The third-order valence-corrected chi connectivity index (χ3v) is 7.79. The predicted molar refractivity (Wildman–Crippen MR) is 133 cm³/mol. The van der Waals surface area contributed by atoms with Gasteiger partial charge in [0, 0.05) is 61.3 Å². The highest BCUT2D eigenvalue weighted by molar-refractivity contribution is 5.91. The summed E-state index contributed by atoms with van der Waals surface area (Å²) in [5.74, 6) is 2.64. The lowest BCUT2D eigenvalue weighted by Gasteiger charge is -2.46. The van der Waals surface area contributed by atoms with Gasteiger partial charge in [-0.1, -0.05) is 6.42 Å². The molecular formula is C26H27N9O. The maximum absolute atomic E-state index is 13.1. The average molecular weight is 482 g/mol. The van der Waals surface area contributed by atoms with Crippen LogP contribution in [-0.4, -0.2) is 67.4 Å². The van der Waals surface area contributed by atoms with Crippen molar-refractivity contribution < 1.29 is 4.79 Å². The number of amides is 1. The van der Waals surface area contributed by atoms with Crippen molar-refractivity contribution in [3.05, 3.63) is 60.1 Å². The maximum Gasteiger partial charge on any atom is 0.292 e. The molecule has 1 spiro atoms. The van der Waals surface area contributed by atoms with Gasteiger partial charge in [-0.05, 0) is 44.9 Å².